The van der Waals surface area contributed by atoms with E-state index in [0.717, 1.165) is 29.9 Å². The van der Waals surface area contributed by atoms with Crippen LogP contribution in [0.1, 0.15) is 6.42 Å². The summed E-state index contributed by atoms with van der Waals surface area (Å²) in [4.78, 5) is 25.4. The Labute approximate surface area is 157 Å². The first-order valence-corrected chi connectivity index (χ1v) is 9.13. The molecule has 0 saturated carbocycles. The molecular weight excluding hydrogens is 350 g/mol. The Bertz CT molecular complexity index is 900. The van der Waals surface area contributed by atoms with Gasteiger partial charge in [-0.1, -0.05) is 23.7 Å². The zero-order chi connectivity index (χ0) is 17.9. The van der Waals surface area contributed by atoms with Gasteiger partial charge in [0.1, 0.15) is 5.82 Å². The lowest BCUT2D eigenvalue weighted by Crippen LogP contribution is -2.49. The third kappa shape index (κ3) is 3.51. The third-order valence-corrected chi connectivity index (χ3v) is 4.99. The maximum Gasteiger partial charge on any atom is 0.224 e. The maximum absolute atomic E-state index is 12.6. The molecule has 3 heterocycles. The second-order valence-electron chi connectivity index (χ2n) is 6.38. The average molecular weight is 370 g/mol. The fraction of sp³-hybridized carbons (Fsp3) is 0.316. The lowest BCUT2D eigenvalue weighted by molar-refractivity contribution is -0.131. The van der Waals surface area contributed by atoms with Crippen molar-refractivity contribution in [3.05, 3.63) is 53.9 Å². The summed E-state index contributed by atoms with van der Waals surface area (Å²) < 4.78 is 2.04. The van der Waals surface area contributed by atoms with Crippen LogP contribution in [0.15, 0.2) is 48.9 Å². The fourth-order valence-corrected chi connectivity index (χ4v) is 3.41. The molecule has 6 nitrogen and oxygen atoms in total. The van der Waals surface area contributed by atoms with Gasteiger partial charge in [-0.05, 0) is 24.3 Å². The molecule has 7 heteroatoms. The largest absolute Gasteiger partial charge is 0.353 e. The highest BCUT2D eigenvalue weighted by molar-refractivity contribution is 6.30. The van der Waals surface area contributed by atoms with Gasteiger partial charge in [-0.25, -0.2) is 9.97 Å². The Hall–Kier alpha value is -2.60. The highest BCUT2D eigenvalue weighted by Gasteiger charge is 2.21. The summed E-state index contributed by atoms with van der Waals surface area (Å²) in [6, 6.07) is 11.7. The van der Waals surface area contributed by atoms with Crippen molar-refractivity contribution in [3.8, 4) is 0 Å². The summed E-state index contributed by atoms with van der Waals surface area (Å²) in [6.07, 6.45) is 3.95. The molecule has 1 saturated heterocycles. The lowest BCUT2D eigenvalue weighted by Gasteiger charge is -2.35. The van der Waals surface area contributed by atoms with Crippen LogP contribution in [0.2, 0.25) is 5.02 Å². The Morgan fingerprint density at radius 3 is 2.62 bits per heavy atom. The molecule has 0 aliphatic carbocycles. The maximum atomic E-state index is 12.6. The van der Waals surface area contributed by atoms with Gasteiger partial charge in [0.25, 0.3) is 0 Å². The van der Waals surface area contributed by atoms with Crippen molar-refractivity contribution in [1.82, 2.24) is 19.4 Å². The minimum atomic E-state index is 0.187. The normalized spacial score (nSPS) is 14.8. The summed E-state index contributed by atoms with van der Waals surface area (Å²) in [7, 11) is 0. The summed E-state index contributed by atoms with van der Waals surface area (Å²) in [5.74, 6) is 1.10. The summed E-state index contributed by atoms with van der Waals surface area (Å²) in [5, 5.41) is 0.634. The molecule has 4 rings (SSSR count). The number of hydrogen-bond donors (Lipinski definition) is 0. The standard InChI is InChI=1S/C19H20ClN5O/c20-15-5-6-18(21-13-15)23-9-11-24(12-10-23)19(26)7-8-25-14-22-16-3-1-2-4-17(16)25/h1-6,13-14H,7-12H2. The second-order valence-corrected chi connectivity index (χ2v) is 6.82. The van der Waals surface area contributed by atoms with Crippen molar-refractivity contribution in [2.24, 2.45) is 0 Å². The second kappa shape index (κ2) is 7.33. The number of para-hydroxylation sites is 2. The average Bonchev–Trinajstić information content (AvgIpc) is 3.10. The van der Waals surface area contributed by atoms with Crippen LogP contribution in [0.3, 0.4) is 0 Å². The molecule has 26 heavy (non-hydrogen) atoms. The van der Waals surface area contributed by atoms with E-state index in [1.165, 1.54) is 0 Å². The lowest BCUT2D eigenvalue weighted by atomic mass is 10.2. The minimum absolute atomic E-state index is 0.187. The fourth-order valence-electron chi connectivity index (χ4n) is 3.30. The van der Waals surface area contributed by atoms with E-state index in [1.807, 2.05) is 52.2 Å². The van der Waals surface area contributed by atoms with Crippen molar-refractivity contribution in [1.29, 1.82) is 0 Å². The van der Waals surface area contributed by atoms with Crippen molar-refractivity contribution >= 4 is 34.4 Å². The predicted octanol–water partition coefficient (Wildman–Crippen LogP) is 2.82. The number of amides is 1. The quantitative estimate of drug-likeness (QED) is 0.709. The van der Waals surface area contributed by atoms with Gasteiger partial charge in [-0.3, -0.25) is 4.79 Å². The molecule has 1 aromatic carbocycles. The van der Waals surface area contributed by atoms with Crippen molar-refractivity contribution in [3.63, 3.8) is 0 Å². The molecule has 0 radical (unpaired) electrons. The highest BCUT2D eigenvalue weighted by atomic mass is 35.5. The number of hydrogen-bond acceptors (Lipinski definition) is 4. The van der Waals surface area contributed by atoms with Crippen LogP contribution < -0.4 is 4.90 Å². The number of carbonyl (C=O) groups excluding carboxylic acids is 1. The Balaban J connectivity index is 1.31. The number of fused-ring (bicyclic) bond motifs is 1. The highest BCUT2D eigenvalue weighted by Crippen LogP contribution is 2.17. The molecule has 0 atom stereocenters. The van der Waals surface area contributed by atoms with Crippen LogP contribution in [-0.2, 0) is 11.3 Å². The monoisotopic (exact) mass is 369 g/mol. The number of benzene rings is 1. The smallest absolute Gasteiger partial charge is 0.224 e. The van der Waals surface area contributed by atoms with Crippen molar-refractivity contribution in [2.75, 3.05) is 31.1 Å². The topological polar surface area (TPSA) is 54.3 Å². The number of carbonyl (C=O) groups is 1. The summed E-state index contributed by atoms with van der Waals surface area (Å²) in [5.41, 5.74) is 2.03. The molecule has 0 N–H and O–H groups in total. The Kier molecular flexibility index (Phi) is 4.75. The number of rotatable bonds is 4. The molecule has 0 unspecified atom stereocenters. The van der Waals surface area contributed by atoms with Gasteiger partial charge in [0, 0.05) is 45.3 Å². The molecular formula is C19H20ClN5O. The van der Waals surface area contributed by atoms with Crippen LogP contribution in [0.5, 0.6) is 0 Å². The van der Waals surface area contributed by atoms with Crippen LogP contribution in [0.25, 0.3) is 11.0 Å². The number of piperazine rings is 1. The van der Waals surface area contributed by atoms with Crippen molar-refractivity contribution in [2.45, 2.75) is 13.0 Å². The molecule has 1 aliphatic rings. The van der Waals surface area contributed by atoms with E-state index >= 15 is 0 Å². The van der Waals surface area contributed by atoms with Gasteiger partial charge < -0.3 is 14.4 Å². The first-order chi connectivity index (χ1) is 12.7. The van der Waals surface area contributed by atoms with Gasteiger partial charge in [0.15, 0.2) is 0 Å². The SMILES string of the molecule is O=C(CCn1cnc2ccccc21)N1CCN(c2ccc(Cl)cn2)CC1. The van der Waals surface area contributed by atoms with Crippen molar-refractivity contribution < 1.29 is 4.79 Å². The van der Waals surface area contributed by atoms with E-state index in [0.29, 0.717) is 31.1 Å². The van der Waals surface area contributed by atoms with E-state index in [9.17, 15) is 4.79 Å². The van der Waals surface area contributed by atoms with Gasteiger partial charge >= 0.3 is 0 Å². The molecule has 1 fully saturated rings. The van der Waals surface area contributed by atoms with E-state index in [-0.39, 0.29) is 5.91 Å². The number of pyridine rings is 1. The van der Waals surface area contributed by atoms with Crippen LogP contribution in [-0.4, -0.2) is 51.5 Å². The van der Waals surface area contributed by atoms with Gasteiger partial charge in [0.2, 0.25) is 5.91 Å². The number of aromatic nitrogens is 3. The molecule has 0 bridgehead atoms. The van der Waals surface area contributed by atoms with E-state index in [4.69, 9.17) is 11.6 Å². The number of imidazole rings is 1. The third-order valence-electron chi connectivity index (χ3n) is 4.76. The minimum Gasteiger partial charge on any atom is -0.353 e. The molecule has 1 amide bonds. The van der Waals surface area contributed by atoms with Gasteiger partial charge in [-0.15, -0.1) is 0 Å². The summed E-state index contributed by atoms with van der Waals surface area (Å²) >= 11 is 5.89. The first-order valence-electron chi connectivity index (χ1n) is 8.75. The molecule has 1 aliphatic heterocycles. The van der Waals surface area contributed by atoms with Crippen LogP contribution >= 0.6 is 11.6 Å². The number of nitrogens with zero attached hydrogens (tertiary/aromatic N) is 5. The predicted molar refractivity (Wildman–Crippen MR) is 102 cm³/mol. The Morgan fingerprint density at radius 1 is 1.04 bits per heavy atom. The Morgan fingerprint density at radius 2 is 1.85 bits per heavy atom. The number of anilines is 1. The zero-order valence-corrected chi connectivity index (χ0v) is 15.1. The number of aryl methyl sites for hydroxylation is 1. The van der Waals surface area contributed by atoms with Gasteiger partial charge in [-0.2, -0.15) is 0 Å². The number of halogens is 1. The van der Waals surface area contributed by atoms with Gasteiger partial charge in [0.05, 0.1) is 22.4 Å². The summed E-state index contributed by atoms with van der Waals surface area (Å²) in [6.45, 7) is 3.66. The van der Waals surface area contributed by atoms with E-state index in [2.05, 4.69) is 14.9 Å². The van der Waals surface area contributed by atoms with Crippen LogP contribution in [0.4, 0.5) is 5.82 Å². The zero-order valence-electron chi connectivity index (χ0n) is 14.4. The molecule has 0 spiro atoms. The van der Waals surface area contributed by atoms with E-state index < -0.39 is 0 Å². The molecule has 2 aromatic heterocycles. The molecule has 134 valence electrons. The van der Waals surface area contributed by atoms with E-state index in [1.54, 1.807) is 6.20 Å². The van der Waals surface area contributed by atoms with Crippen LogP contribution in [0, 0.1) is 0 Å². The first kappa shape index (κ1) is 16.8. The molecule has 3 aromatic rings.